The lowest BCUT2D eigenvalue weighted by atomic mass is 10.00. The number of tetrazole rings is 1. The summed E-state index contributed by atoms with van der Waals surface area (Å²) in [5.41, 5.74) is 11.0. The van der Waals surface area contributed by atoms with Gasteiger partial charge in [0.2, 0.25) is 5.95 Å². The van der Waals surface area contributed by atoms with Crippen LogP contribution in [0.1, 0.15) is 47.6 Å². The fourth-order valence-corrected chi connectivity index (χ4v) is 4.65. The minimum atomic E-state index is -0.0624. The minimum absolute atomic E-state index is 0.0624. The number of para-hydroxylation sites is 1. The summed E-state index contributed by atoms with van der Waals surface area (Å²) in [5.74, 6) is 2.47. The molecule has 37 heavy (non-hydrogen) atoms. The monoisotopic (exact) mass is 500 g/mol. The number of benzene rings is 1. The van der Waals surface area contributed by atoms with Crippen LogP contribution in [0.25, 0.3) is 23.1 Å². The van der Waals surface area contributed by atoms with Crippen molar-refractivity contribution in [2.24, 2.45) is 7.05 Å². The number of nitrogens with zero attached hydrogens (tertiary/aromatic N) is 8. The first-order valence-electron chi connectivity index (χ1n) is 12.5. The van der Waals surface area contributed by atoms with Crippen LogP contribution in [0.4, 0.5) is 17.6 Å². The van der Waals surface area contributed by atoms with E-state index in [0.29, 0.717) is 24.9 Å². The molecule has 1 saturated heterocycles. The predicted octanol–water partition coefficient (Wildman–Crippen LogP) is 3.32. The Morgan fingerprint density at radius 2 is 1.95 bits per heavy atom. The number of aromatic nitrogens is 7. The van der Waals surface area contributed by atoms with E-state index in [0.717, 1.165) is 58.6 Å². The van der Waals surface area contributed by atoms with Crippen molar-refractivity contribution in [3.63, 3.8) is 0 Å². The summed E-state index contributed by atoms with van der Waals surface area (Å²) in [6.45, 7) is 9.14. The molecule has 0 amide bonds. The molecule has 4 aromatic rings. The molecule has 1 aliphatic heterocycles. The number of hydrogen-bond acceptors (Lipinski definition) is 10. The molecule has 0 aliphatic carbocycles. The van der Waals surface area contributed by atoms with Crippen molar-refractivity contribution in [1.29, 1.82) is 0 Å². The molecule has 1 fully saturated rings. The number of nitrogens with one attached hydrogen (secondary N) is 1. The molecule has 0 bridgehead atoms. The molecule has 5 rings (SSSR count). The van der Waals surface area contributed by atoms with E-state index in [1.807, 2.05) is 19.1 Å². The zero-order chi connectivity index (χ0) is 25.9. The number of fused-ring (bicyclic) bond motifs is 1. The zero-order valence-electron chi connectivity index (χ0n) is 21.6. The normalized spacial score (nSPS) is 15.0. The molecule has 0 spiro atoms. The molecule has 11 heteroatoms. The minimum Gasteiger partial charge on any atom is -0.378 e. The molecular weight excluding hydrogens is 468 g/mol. The maximum atomic E-state index is 6.08. The van der Waals surface area contributed by atoms with Gasteiger partial charge >= 0.3 is 0 Å². The Balaban J connectivity index is 1.58. The van der Waals surface area contributed by atoms with Crippen LogP contribution >= 0.6 is 0 Å². The molecule has 3 aromatic heterocycles. The second-order valence-electron chi connectivity index (χ2n) is 9.18. The van der Waals surface area contributed by atoms with Gasteiger partial charge in [0.1, 0.15) is 11.6 Å². The Kier molecular flexibility index (Phi) is 6.95. The number of hydrogen-bond donors (Lipinski definition) is 2. The molecule has 1 aromatic carbocycles. The second-order valence-corrected chi connectivity index (χ2v) is 9.18. The molecule has 11 nitrogen and oxygen atoms in total. The van der Waals surface area contributed by atoms with Crippen LogP contribution in [0.3, 0.4) is 0 Å². The molecule has 3 N–H and O–H groups in total. The van der Waals surface area contributed by atoms with E-state index in [4.69, 9.17) is 15.5 Å². The summed E-state index contributed by atoms with van der Waals surface area (Å²) in [7, 11) is 1.79. The smallest absolute Gasteiger partial charge is 0.222 e. The van der Waals surface area contributed by atoms with Crippen LogP contribution in [-0.4, -0.2) is 61.5 Å². The molecule has 0 radical (unpaired) electrons. The summed E-state index contributed by atoms with van der Waals surface area (Å²) in [6.07, 6.45) is 4.57. The highest BCUT2D eigenvalue weighted by Crippen LogP contribution is 2.35. The Bertz CT molecular complexity index is 1440. The van der Waals surface area contributed by atoms with E-state index >= 15 is 0 Å². The topological polar surface area (TPSA) is 133 Å². The number of anilines is 3. The molecule has 1 atom stereocenters. The number of nitrogens with two attached hydrogens (primary N) is 1. The van der Waals surface area contributed by atoms with Gasteiger partial charge in [-0.2, -0.15) is 4.98 Å². The van der Waals surface area contributed by atoms with Crippen molar-refractivity contribution in [3.05, 3.63) is 52.5 Å². The van der Waals surface area contributed by atoms with E-state index in [9.17, 15) is 0 Å². The number of aryl methyl sites for hydroxylation is 3. The number of morpholine rings is 1. The zero-order valence-corrected chi connectivity index (χ0v) is 21.6. The Hall–Kier alpha value is -4.12. The Morgan fingerprint density at radius 1 is 1.14 bits per heavy atom. The fourth-order valence-electron chi connectivity index (χ4n) is 4.65. The van der Waals surface area contributed by atoms with Crippen LogP contribution in [-0.2, 0) is 11.8 Å². The van der Waals surface area contributed by atoms with Crippen LogP contribution in [0, 0.1) is 13.8 Å². The van der Waals surface area contributed by atoms with E-state index in [-0.39, 0.29) is 12.0 Å². The molecule has 1 unspecified atom stereocenters. The average molecular weight is 501 g/mol. The van der Waals surface area contributed by atoms with Gasteiger partial charge in [-0.05, 0) is 54.5 Å². The highest BCUT2D eigenvalue weighted by atomic mass is 16.5. The first kappa shape index (κ1) is 24.6. The fraction of sp³-hybridized carbons (Fsp3) is 0.385. The van der Waals surface area contributed by atoms with E-state index in [2.05, 4.69) is 73.8 Å². The Labute approximate surface area is 215 Å². The second kappa shape index (κ2) is 10.5. The summed E-state index contributed by atoms with van der Waals surface area (Å²) < 4.78 is 7.22. The van der Waals surface area contributed by atoms with E-state index in [1.165, 1.54) is 0 Å². The third-order valence-corrected chi connectivity index (χ3v) is 6.67. The van der Waals surface area contributed by atoms with Crippen LogP contribution in [0.5, 0.6) is 0 Å². The predicted molar refractivity (Wildman–Crippen MR) is 145 cm³/mol. The van der Waals surface area contributed by atoms with Gasteiger partial charge in [-0.1, -0.05) is 25.1 Å². The first-order valence-corrected chi connectivity index (χ1v) is 12.5. The Morgan fingerprint density at radius 3 is 2.68 bits per heavy atom. The first-order chi connectivity index (χ1) is 17.9. The summed E-state index contributed by atoms with van der Waals surface area (Å²) >= 11 is 0. The number of pyridine rings is 1. The highest BCUT2D eigenvalue weighted by Gasteiger charge is 2.24. The van der Waals surface area contributed by atoms with Gasteiger partial charge in [-0.25, -0.2) is 14.6 Å². The van der Waals surface area contributed by atoms with Crippen molar-refractivity contribution in [2.45, 2.75) is 33.2 Å². The molecule has 4 heterocycles. The lowest BCUT2D eigenvalue weighted by Gasteiger charge is -2.32. The number of rotatable bonds is 7. The van der Waals surface area contributed by atoms with Crippen molar-refractivity contribution < 1.29 is 4.74 Å². The molecular formula is C26H32N10O. The highest BCUT2D eigenvalue weighted by molar-refractivity contribution is 5.85. The van der Waals surface area contributed by atoms with Crippen molar-refractivity contribution in [3.8, 4) is 0 Å². The van der Waals surface area contributed by atoms with Gasteiger partial charge in [-0.3, -0.25) is 0 Å². The van der Waals surface area contributed by atoms with Gasteiger partial charge in [0.15, 0.2) is 5.82 Å². The lowest BCUT2D eigenvalue weighted by molar-refractivity contribution is 0.122. The molecule has 192 valence electrons. The van der Waals surface area contributed by atoms with Gasteiger partial charge < -0.3 is 20.7 Å². The molecule has 1 aliphatic rings. The van der Waals surface area contributed by atoms with Crippen LogP contribution in [0.2, 0.25) is 0 Å². The van der Waals surface area contributed by atoms with Gasteiger partial charge in [0.25, 0.3) is 0 Å². The standard InChI is InChI=1S/C26H32N10O/c1-5-21(29-24-19(17(3)28-26(27)31-24)9-10-22-32-33-34-35(22)4)20-15-18-8-6-7-16(2)23(18)30-25(20)36-11-13-37-14-12-36/h6-10,15,21H,5,11-14H2,1-4H3,(H3,27,28,29,31). The summed E-state index contributed by atoms with van der Waals surface area (Å²) in [5, 5.41) is 16.4. The maximum Gasteiger partial charge on any atom is 0.222 e. The quantitative estimate of drug-likeness (QED) is 0.389. The number of ether oxygens (including phenoxy) is 1. The average Bonchev–Trinajstić information content (AvgIpc) is 3.31. The van der Waals surface area contributed by atoms with Gasteiger partial charge in [0, 0.05) is 36.7 Å². The third-order valence-electron chi connectivity index (χ3n) is 6.67. The van der Waals surface area contributed by atoms with Crippen molar-refractivity contribution in [2.75, 3.05) is 42.3 Å². The van der Waals surface area contributed by atoms with Crippen LogP contribution in [0.15, 0.2) is 24.3 Å². The largest absolute Gasteiger partial charge is 0.378 e. The molecule has 0 saturated carbocycles. The van der Waals surface area contributed by atoms with Gasteiger partial charge in [0.05, 0.1) is 30.5 Å². The van der Waals surface area contributed by atoms with Crippen molar-refractivity contribution in [1.82, 2.24) is 35.2 Å². The van der Waals surface area contributed by atoms with Crippen LogP contribution < -0.4 is 16.0 Å². The lowest BCUT2D eigenvalue weighted by Crippen LogP contribution is -2.38. The third kappa shape index (κ3) is 5.08. The summed E-state index contributed by atoms with van der Waals surface area (Å²) in [4.78, 5) is 16.5. The van der Waals surface area contributed by atoms with Gasteiger partial charge in [-0.15, -0.1) is 5.10 Å². The van der Waals surface area contributed by atoms with E-state index < -0.39 is 0 Å². The number of nitrogen functional groups attached to an aromatic ring is 1. The summed E-state index contributed by atoms with van der Waals surface area (Å²) in [6, 6.07) is 8.48. The SMILES string of the molecule is CCC(Nc1nc(N)nc(C)c1C=Cc1nnnn1C)c1cc2cccc(C)c2nc1N1CCOCC1. The van der Waals surface area contributed by atoms with E-state index in [1.54, 1.807) is 11.7 Å². The van der Waals surface area contributed by atoms with Crippen molar-refractivity contribution >= 4 is 40.6 Å². The maximum absolute atomic E-state index is 6.08.